The summed E-state index contributed by atoms with van der Waals surface area (Å²) in [4.78, 5) is 11.9. The number of carbonyl (C=O) groups excluding carboxylic acids is 1. The van der Waals surface area contributed by atoms with Gasteiger partial charge in [0.15, 0.2) is 0 Å². The smallest absolute Gasteiger partial charge is 0.265 e. The summed E-state index contributed by atoms with van der Waals surface area (Å²) in [5.41, 5.74) is 1.36. The first-order valence-corrected chi connectivity index (χ1v) is 9.07. The van der Waals surface area contributed by atoms with Crippen LogP contribution in [-0.4, -0.2) is 25.5 Å². The van der Waals surface area contributed by atoms with E-state index in [1.807, 2.05) is 0 Å². The Morgan fingerprint density at radius 1 is 1.17 bits per heavy atom. The number of benzene rings is 2. The fourth-order valence-corrected chi connectivity index (χ4v) is 3.50. The van der Waals surface area contributed by atoms with Crippen molar-refractivity contribution in [3.63, 3.8) is 0 Å². The van der Waals surface area contributed by atoms with E-state index in [0.717, 1.165) is 12.8 Å². The normalized spacial score (nSPS) is 14.2. The fourth-order valence-electron chi connectivity index (χ4n) is 2.27. The van der Waals surface area contributed by atoms with Gasteiger partial charge in [0.2, 0.25) is 0 Å². The van der Waals surface area contributed by atoms with Crippen molar-refractivity contribution < 1.29 is 18.3 Å². The van der Waals surface area contributed by atoms with Crippen LogP contribution in [0.4, 0.5) is 5.69 Å². The lowest BCUT2D eigenvalue weighted by Gasteiger charge is -2.11. The Morgan fingerprint density at radius 2 is 1.92 bits per heavy atom. The molecule has 3 N–H and O–H groups in total. The molecule has 0 aromatic heterocycles. The Bertz CT molecular complexity index is 889. The standard InChI is InChI=1S/C17H18N2O4S/c1-11-5-8-15(20)16(9-11)24(22,23)19-14-4-2-3-12(10-14)17(21)18-13-6-7-13/h2-5,8-10,13,19-20H,6-7H2,1H3,(H,18,21). The highest BCUT2D eigenvalue weighted by atomic mass is 32.2. The lowest BCUT2D eigenvalue weighted by Crippen LogP contribution is -2.25. The Labute approximate surface area is 140 Å². The van der Waals surface area contributed by atoms with Crippen LogP contribution in [0.15, 0.2) is 47.4 Å². The summed E-state index contributed by atoms with van der Waals surface area (Å²) in [6.45, 7) is 1.74. The van der Waals surface area contributed by atoms with Gasteiger partial charge in [-0.3, -0.25) is 9.52 Å². The summed E-state index contributed by atoms with van der Waals surface area (Å²) < 4.78 is 27.3. The summed E-state index contributed by atoms with van der Waals surface area (Å²) in [6.07, 6.45) is 1.95. The van der Waals surface area contributed by atoms with Gasteiger partial charge in [0.1, 0.15) is 10.6 Å². The molecule has 1 amide bonds. The first-order valence-electron chi connectivity index (χ1n) is 7.58. The quantitative estimate of drug-likeness (QED) is 0.774. The van der Waals surface area contributed by atoms with E-state index in [-0.39, 0.29) is 28.3 Å². The highest BCUT2D eigenvalue weighted by molar-refractivity contribution is 7.92. The van der Waals surface area contributed by atoms with E-state index >= 15 is 0 Å². The molecule has 0 aliphatic heterocycles. The van der Waals surface area contributed by atoms with Gasteiger partial charge >= 0.3 is 0 Å². The van der Waals surface area contributed by atoms with Crippen LogP contribution in [0.2, 0.25) is 0 Å². The van der Waals surface area contributed by atoms with Gasteiger partial charge in [0.25, 0.3) is 15.9 Å². The number of aryl methyl sites for hydroxylation is 1. The number of sulfonamides is 1. The van der Waals surface area contributed by atoms with E-state index in [1.165, 1.54) is 18.2 Å². The Hall–Kier alpha value is -2.54. The van der Waals surface area contributed by atoms with Crippen LogP contribution in [0.5, 0.6) is 5.75 Å². The molecule has 0 bridgehead atoms. The first kappa shape index (κ1) is 16.3. The lowest BCUT2D eigenvalue weighted by molar-refractivity contribution is 0.0951. The van der Waals surface area contributed by atoms with Crippen molar-refractivity contribution in [1.29, 1.82) is 0 Å². The molecule has 0 saturated heterocycles. The number of amides is 1. The van der Waals surface area contributed by atoms with Crippen molar-refractivity contribution in [2.24, 2.45) is 0 Å². The monoisotopic (exact) mass is 346 g/mol. The number of hydrogen-bond acceptors (Lipinski definition) is 4. The molecule has 0 unspecified atom stereocenters. The van der Waals surface area contributed by atoms with E-state index in [1.54, 1.807) is 31.2 Å². The highest BCUT2D eigenvalue weighted by Gasteiger charge is 2.24. The van der Waals surface area contributed by atoms with Crippen LogP contribution >= 0.6 is 0 Å². The largest absolute Gasteiger partial charge is 0.507 e. The molecule has 1 fully saturated rings. The van der Waals surface area contributed by atoms with Gasteiger partial charge in [-0.15, -0.1) is 0 Å². The second-order valence-electron chi connectivity index (χ2n) is 5.91. The first-order chi connectivity index (χ1) is 11.3. The van der Waals surface area contributed by atoms with E-state index in [4.69, 9.17) is 0 Å². The van der Waals surface area contributed by atoms with Crippen LogP contribution in [0.25, 0.3) is 0 Å². The maximum atomic E-state index is 12.5. The maximum absolute atomic E-state index is 12.5. The third kappa shape index (κ3) is 3.68. The second kappa shape index (κ2) is 6.16. The summed E-state index contributed by atoms with van der Waals surface area (Å²) in [5.74, 6) is -0.548. The molecule has 1 saturated carbocycles. The van der Waals surface area contributed by atoms with Crippen LogP contribution < -0.4 is 10.0 Å². The van der Waals surface area contributed by atoms with Gasteiger partial charge < -0.3 is 10.4 Å². The maximum Gasteiger partial charge on any atom is 0.265 e. The molecule has 2 aromatic carbocycles. The van der Waals surface area contributed by atoms with Crippen molar-refractivity contribution in [2.45, 2.75) is 30.7 Å². The number of nitrogens with one attached hydrogen (secondary N) is 2. The molecule has 24 heavy (non-hydrogen) atoms. The average Bonchev–Trinajstić information content (AvgIpc) is 3.33. The topological polar surface area (TPSA) is 95.5 Å². The zero-order valence-electron chi connectivity index (χ0n) is 13.1. The van der Waals surface area contributed by atoms with Gasteiger partial charge in [0, 0.05) is 17.3 Å². The Kier molecular flexibility index (Phi) is 4.19. The number of phenols is 1. The molecule has 0 heterocycles. The minimum Gasteiger partial charge on any atom is -0.507 e. The van der Waals surface area contributed by atoms with Crippen molar-refractivity contribution in [3.8, 4) is 5.75 Å². The van der Waals surface area contributed by atoms with Crippen molar-refractivity contribution in [3.05, 3.63) is 53.6 Å². The summed E-state index contributed by atoms with van der Waals surface area (Å²) in [6, 6.07) is 10.8. The summed E-state index contributed by atoms with van der Waals surface area (Å²) in [7, 11) is -3.95. The fraction of sp³-hybridized carbons (Fsp3) is 0.235. The number of phenolic OH excluding ortho intramolecular Hbond substituents is 1. The average molecular weight is 346 g/mol. The molecule has 0 radical (unpaired) electrons. The molecule has 0 spiro atoms. The molecule has 1 aliphatic rings. The SMILES string of the molecule is Cc1ccc(O)c(S(=O)(=O)Nc2cccc(C(=O)NC3CC3)c2)c1. The van der Waals surface area contributed by atoms with Crippen molar-refractivity contribution >= 4 is 21.6 Å². The van der Waals surface area contributed by atoms with Crippen LogP contribution in [-0.2, 0) is 10.0 Å². The van der Waals surface area contributed by atoms with E-state index in [0.29, 0.717) is 11.1 Å². The molecule has 126 valence electrons. The van der Waals surface area contributed by atoms with E-state index in [2.05, 4.69) is 10.0 Å². The minimum atomic E-state index is -3.95. The molecule has 3 rings (SSSR count). The van der Waals surface area contributed by atoms with E-state index in [9.17, 15) is 18.3 Å². The Morgan fingerprint density at radius 3 is 2.62 bits per heavy atom. The predicted octanol–water partition coefficient (Wildman–Crippen LogP) is 2.39. The lowest BCUT2D eigenvalue weighted by atomic mass is 10.2. The van der Waals surface area contributed by atoms with Gasteiger partial charge in [-0.2, -0.15) is 0 Å². The molecular formula is C17H18N2O4S. The van der Waals surface area contributed by atoms with Gasteiger partial charge in [-0.25, -0.2) is 8.42 Å². The number of rotatable bonds is 5. The zero-order chi connectivity index (χ0) is 17.3. The van der Waals surface area contributed by atoms with E-state index < -0.39 is 10.0 Å². The highest BCUT2D eigenvalue weighted by Crippen LogP contribution is 2.26. The molecule has 6 nitrogen and oxygen atoms in total. The second-order valence-corrected chi connectivity index (χ2v) is 7.56. The summed E-state index contributed by atoms with van der Waals surface area (Å²) in [5, 5.41) is 12.7. The minimum absolute atomic E-state index is 0.199. The third-order valence-corrected chi connectivity index (χ3v) is 5.10. The molecule has 2 aromatic rings. The van der Waals surface area contributed by atoms with Crippen LogP contribution in [0.3, 0.4) is 0 Å². The number of anilines is 1. The van der Waals surface area contributed by atoms with Gasteiger partial charge in [-0.1, -0.05) is 12.1 Å². The number of hydrogen-bond donors (Lipinski definition) is 3. The zero-order valence-corrected chi connectivity index (χ0v) is 13.9. The number of carbonyl (C=O) groups is 1. The molecular weight excluding hydrogens is 328 g/mol. The molecule has 1 aliphatic carbocycles. The van der Waals surface area contributed by atoms with Crippen molar-refractivity contribution in [2.75, 3.05) is 4.72 Å². The Balaban J connectivity index is 1.84. The van der Waals surface area contributed by atoms with Gasteiger partial charge in [-0.05, 0) is 55.7 Å². The molecule has 7 heteroatoms. The van der Waals surface area contributed by atoms with Gasteiger partial charge in [0.05, 0.1) is 0 Å². The predicted molar refractivity (Wildman–Crippen MR) is 90.6 cm³/mol. The third-order valence-electron chi connectivity index (χ3n) is 3.69. The molecule has 0 atom stereocenters. The summed E-state index contributed by atoms with van der Waals surface area (Å²) >= 11 is 0. The van der Waals surface area contributed by atoms with Crippen LogP contribution in [0.1, 0.15) is 28.8 Å². The van der Waals surface area contributed by atoms with Crippen LogP contribution in [0, 0.1) is 6.92 Å². The van der Waals surface area contributed by atoms with Crippen molar-refractivity contribution in [1.82, 2.24) is 5.32 Å². The number of aromatic hydroxyl groups is 1.